The van der Waals surface area contributed by atoms with Crippen molar-refractivity contribution in [3.8, 4) is 0 Å². The lowest BCUT2D eigenvalue weighted by Gasteiger charge is -2.07. The Morgan fingerprint density at radius 1 is 0.824 bits per heavy atom. The Labute approximate surface area is 100 Å². The highest BCUT2D eigenvalue weighted by Crippen LogP contribution is 2.27. The molecule has 0 heterocycles. The summed E-state index contributed by atoms with van der Waals surface area (Å²) in [6.07, 6.45) is 1.95. The van der Waals surface area contributed by atoms with Crippen LogP contribution in [0.25, 0.3) is 21.5 Å². The van der Waals surface area contributed by atoms with Crippen LogP contribution in [0.2, 0.25) is 0 Å². The molecule has 0 radical (unpaired) electrons. The first-order chi connectivity index (χ1) is 8.40. The van der Waals surface area contributed by atoms with Crippen molar-refractivity contribution in [2.24, 2.45) is 4.99 Å². The zero-order chi connectivity index (χ0) is 11.7. The van der Waals surface area contributed by atoms with E-state index in [0.29, 0.717) is 0 Å². The van der Waals surface area contributed by atoms with E-state index in [4.69, 9.17) is 0 Å². The number of hydrogen-bond donors (Lipinski definition) is 0. The molecule has 82 valence electrons. The molecule has 0 spiro atoms. The third kappa shape index (κ3) is 1.60. The topological polar surface area (TPSA) is 12.4 Å². The number of hydrogen-bond acceptors (Lipinski definition) is 1. The number of aliphatic imine (C=N–C) groups is 1. The van der Waals surface area contributed by atoms with Gasteiger partial charge in [-0.15, -0.1) is 0 Å². The van der Waals surface area contributed by atoms with Gasteiger partial charge in [0.05, 0.1) is 0 Å². The van der Waals surface area contributed by atoms with Crippen LogP contribution in [-0.4, -0.2) is 13.3 Å². The third-order valence-corrected chi connectivity index (χ3v) is 3.07. The van der Waals surface area contributed by atoms with Gasteiger partial charge in [0.2, 0.25) is 0 Å². The zero-order valence-corrected chi connectivity index (χ0v) is 9.72. The van der Waals surface area contributed by atoms with Crippen LogP contribution < -0.4 is 0 Å². The lowest BCUT2D eigenvalue weighted by atomic mass is 9.97. The van der Waals surface area contributed by atoms with Crippen LogP contribution in [-0.2, 0) is 0 Å². The average molecular weight is 219 g/mol. The Morgan fingerprint density at radius 2 is 1.35 bits per heavy atom. The highest BCUT2D eigenvalue weighted by Gasteiger charge is 2.04. The van der Waals surface area contributed by atoms with Crippen LogP contribution in [0.5, 0.6) is 0 Å². The van der Waals surface area contributed by atoms with E-state index < -0.39 is 0 Å². The van der Waals surface area contributed by atoms with Gasteiger partial charge in [0.15, 0.2) is 0 Å². The van der Waals surface area contributed by atoms with Crippen molar-refractivity contribution >= 4 is 27.8 Å². The van der Waals surface area contributed by atoms with Crippen LogP contribution in [0.15, 0.2) is 59.6 Å². The molecule has 3 aromatic carbocycles. The lowest BCUT2D eigenvalue weighted by molar-refractivity contribution is 1.47. The van der Waals surface area contributed by atoms with Crippen LogP contribution in [0.1, 0.15) is 5.56 Å². The lowest BCUT2D eigenvalue weighted by Crippen LogP contribution is -1.87. The van der Waals surface area contributed by atoms with E-state index in [0.717, 1.165) is 0 Å². The fourth-order valence-corrected chi connectivity index (χ4v) is 2.32. The molecule has 0 saturated heterocycles. The highest BCUT2D eigenvalue weighted by atomic mass is 14.6. The maximum atomic E-state index is 4.18. The van der Waals surface area contributed by atoms with Gasteiger partial charge in [-0.05, 0) is 27.6 Å². The Kier molecular flexibility index (Phi) is 2.37. The summed E-state index contributed by atoms with van der Waals surface area (Å²) in [5.74, 6) is 0. The quantitative estimate of drug-likeness (QED) is 0.432. The minimum absolute atomic E-state index is 1.21. The predicted molar refractivity (Wildman–Crippen MR) is 75.0 cm³/mol. The summed E-state index contributed by atoms with van der Waals surface area (Å²) >= 11 is 0. The summed E-state index contributed by atoms with van der Waals surface area (Å²) in [5.41, 5.74) is 1.21. The number of nitrogens with zero attached hydrogens (tertiary/aromatic N) is 1. The van der Waals surface area contributed by atoms with Gasteiger partial charge in [-0.2, -0.15) is 0 Å². The van der Waals surface area contributed by atoms with Gasteiger partial charge in [-0.3, -0.25) is 4.99 Å². The summed E-state index contributed by atoms with van der Waals surface area (Å²) in [6, 6.07) is 19.1. The first-order valence-electron chi connectivity index (χ1n) is 5.73. The largest absolute Gasteiger partial charge is 0.296 e. The number of fused-ring (bicyclic) bond motifs is 2. The van der Waals surface area contributed by atoms with Crippen LogP contribution in [0.4, 0.5) is 0 Å². The maximum Gasteiger partial charge on any atom is 0.0293 e. The minimum atomic E-state index is 1.21. The summed E-state index contributed by atoms with van der Waals surface area (Å²) in [5, 5.41) is 5.05. The molecule has 0 aliphatic rings. The van der Waals surface area contributed by atoms with Crippen LogP contribution >= 0.6 is 0 Å². The molecule has 0 aromatic heterocycles. The van der Waals surface area contributed by atoms with Crippen molar-refractivity contribution in [2.75, 3.05) is 7.05 Å². The number of benzene rings is 3. The highest BCUT2D eigenvalue weighted by molar-refractivity contribution is 6.13. The van der Waals surface area contributed by atoms with Crippen molar-refractivity contribution in [3.63, 3.8) is 0 Å². The maximum absolute atomic E-state index is 4.18. The van der Waals surface area contributed by atoms with Crippen LogP contribution in [0, 0.1) is 0 Å². The second-order valence-electron chi connectivity index (χ2n) is 4.12. The molecule has 1 nitrogen and oxygen atoms in total. The molecule has 0 saturated carbocycles. The van der Waals surface area contributed by atoms with Crippen molar-refractivity contribution in [3.05, 3.63) is 60.2 Å². The van der Waals surface area contributed by atoms with Gasteiger partial charge in [-0.25, -0.2) is 0 Å². The van der Waals surface area contributed by atoms with Crippen molar-refractivity contribution in [1.29, 1.82) is 0 Å². The van der Waals surface area contributed by atoms with E-state index in [1.807, 2.05) is 13.3 Å². The molecule has 3 rings (SSSR count). The molecular weight excluding hydrogens is 206 g/mol. The third-order valence-electron chi connectivity index (χ3n) is 3.07. The molecule has 0 amide bonds. The zero-order valence-electron chi connectivity index (χ0n) is 9.72. The van der Waals surface area contributed by atoms with Gasteiger partial charge < -0.3 is 0 Å². The fourth-order valence-electron chi connectivity index (χ4n) is 2.32. The second-order valence-corrected chi connectivity index (χ2v) is 4.12. The Bertz CT molecular complexity index is 657. The van der Waals surface area contributed by atoms with E-state index in [9.17, 15) is 0 Å². The molecule has 0 unspecified atom stereocenters. The first-order valence-corrected chi connectivity index (χ1v) is 5.73. The van der Waals surface area contributed by atoms with E-state index in [1.54, 1.807) is 0 Å². The standard InChI is InChI=1S/C16H13N/c1-17-11-16-14-8-4-2-6-12(14)10-13-7-3-5-9-15(13)16/h2-11H,1H3/b17-11+. The van der Waals surface area contributed by atoms with Crippen molar-refractivity contribution < 1.29 is 0 Å². The van der Waals surface area contributed by atoms with Gasteiger partial charge in [0.1, 0.15) is 0 Å². The average Bonchev–Trinajstić information content (AvgIpc) is 2.39. The predicted octanol–water partition coefficient (Wildman–Crippen LogP) is 4.04. The van der Waals surface area contributed by atoms with E-state index >= 15 is 0 Å². The molecule has 0 fully saturated rings. The molecule has 0 N–H and O–H groups in total. The van der Waals surface area contributed by atoms with Gasteiger partial charge in [-0.1, -0.05) is 48.5 Å². The molecule has 0 bridgehead atoms. The van der Waals surface area contributed by atoms with Gasteiger partial charge in [0, 0.05) is 18.8 Å². The van der Waals surface area contributed by atoms with E-state index in [-0.39, 0.29) is 0 Å². The Balaban J connectivity index is 2.56. The van der Waals surface area contributed by atoms with Gasteiger partial charge >= 0.3 is 0 Å². The van der Waals surface area contributed by atoms with Crippen LogP contribution in [0.3, 0.4) is 0 Å². The molecule has 17 heavy (non-hydrogen) atoms. The first kappa shape index (κ1) is 10.0. The number of rotatable bonds is 1. The van der Waals surface area contributed by atoms with Crippen molar-refractivity contribution in [1.82, 2.24) is 0 Å². The fraction of sp³-hybridized carbons (Fsp3) is 0.0625. The molecule has 0 aliphatic carbocycles. The normalized spacial score (nSPS) is 11.6. The Morgan fingerprint density at radius 3 is 1.88 bits per heavy atom. The van der Waals surface area contributed by atoms with Crippen molar-refractivity contribution in [2.45, 2.75) is 0 Å². The Hall–Kier alpha value is -2.15. The molecular formula is C16H13N. The molecule has 0 aliphatic heterocycles. The summed E-state index contributed by atoms with van der Waals surface area (Å²) in [6.45, 7) is 0. The molecule has 1 heteroatoms. The smallest absolute Gasteiger partial charge is 0.0293 e. The SMILES string of the molecule is C/N=C/c1c2ccccc2cc2ccccc12. The summed E-state index contributed by atoms with van der Waals surface area (Å²) in [4.78, 5) is 4.18. The summed E-state index contributed by atoms with van der Waals surface area (Å²) < 4.78 is 0. The van der Waals surface area contributed by atoms with E-state index in [2.05, 4.69) is 59.6 Å². The minimum Gasteiger partial charge on any atom is -0.296 e. The monoisotopic (exact) mass is 219 g/mol. The molecule has 3 aromatic rings. The molecule has 0 atom stereocenters. The summed E-state index contributed by atoms with van der Waals surface area (Å²) in [7, 11) is 1.82. The van der Waals surface area contributed by atoms with Gasteiger partial charge in [0.25, 0.3) is 0 Å². The van der Waals surface area contributed by atoms with E-state index in [1.165, 1.54) is 27.1 Å². The second kappa shape index (κ2) is 4.02.